The molecule has 1 aromatic carbocycles. The lowest BCUT2D eigenvalue weighted by molar-refractivity contribution is -0.143. The number of fused-ring (bicyclic) bond motifs is 1. The van der Waals surface area contributed by atoms with E-state index in [1.165, 1.54) is 7.11 Å². The Kier molecular flexibility index (Phi) is 5.73. The molecule has 0 radical (unpaired) electrons. The number of aryl methyl sites for hydroxylation is 1. The van der Waals surface area contributed by atoms with Crippen LogP contribution in [0, 0.1) is 6.92 Å². The summed E-state index contributed by atoms with van der Waals surface area (Å²) in [5.74, 6) is -0.0124. The highest BCUT2D eigenvalue weighted by Crippen LogP contribution is 2.19. The molecule has 0 aliphatic carbocycles. The minimum Gasteiger partial charge on any atom is -0.469 e. The number of nitrogens with zero attached hydrogens (tertiary/aromatic N) is 3. The van der Waals surface area contributed by atoms with Gasteiger partial charge in [0.05, 0.1) is 13.5 Å². The van der Waals surface area contributed by atoms with Crippen molar-refractivity contribution >= 4 is 28.9 Å². The lowest BCUT2D eigenvalue weighted by atomic mass is 10.1. The van der Waals surface area contributed by atoms with Crippen molar-refractivity contribution in [3.63, 3.8) is 0 Å². The van der Waals surface area contributed by atoms with Gasteiger partial charge in [-0.25, -0.2) is 4.98 Å². The molecule has 8 heteroatoms. The van der Waals surface area contributed by atoms with Gasteiger partial charge in [0.25, 0.3) is 5.91 Å². The molecule has 1 fully saturated rings. The Morgan fingerprint density at radius 2 is 1.85 bits per heavy atom. The van der Waals surface area contributed by atoms with E-state index >= 15 is 0 Å². The molecule has 2 aromatic rings. The van der Waals surface area contributed by atoms with Gasteiger partial charge in [0.2, 0.25) is 5.91 Å². The van der Waals surface area contributed by atoms with Crippen molar-refractivity contribution in [2.24, 2.45) is 0 Å². The molecule has 144 valence electrons. The third kappa shape index (κ3) is 4.45. The maximum absolute atomic E-state index is 12.8. The number of aromatic nitrogens is 1. The fraction of sp³-hybridized carbons (Fsp3) is 0.474. The Hall–Kier alpha value is -2.90. The molecule has 0 atom stereocenters. The summed E-state index contributed by atoms with van der Waals surface area (Å²) >= 11 is 0. The molecule has 2 heterocycles. The van der Waals surface area contributed by atoms with Crippen LogP contribution in [0.1, 0.15) is 35.5 Å². The summed E-state index contributed by atoms with van der Waals surface area (Å²) in [5.41, 5.74) is 1.86. The molecule has 0 bridgehead atoms. The predicted octanol–water partition coefficient (Wildman–Crippen LogP) is 1.76. The van der Waals surface area contributed by atoms with E-state index in [4.69, 9.17) is 4.42 Å². The highest BCUT2D eigenvalue weighted by molar-refractivity contribution is 5.97. The van der Waals surface area contributed by atoms with Crippen LogP contribution >= 0.6 is 0 Å². The zero-order chi connectivity index (χ0) is 19.4. The first-order valence-electron chi connectivity index (χ1n) is 8.99. The second-order valence-corrected chi connectivity index (χ2v) is 6.52. The molecule has 1 saturated heterocycles. The molecule has 8 nitrogen and oxygen atoms in total. The van der Waals surface area contributed by atoms with E-state index in [-0.39, 0.29) is 24.7 Å². The third-order valence-corrected chi connectivity index (χ3v) is 4.65. The lowest BCUT2D eigenvalue weighted by Crippen LogP contribution is -2.37. The van der Waals surface area contributed by atoms with E-state index < -0.39 is 5.97 Å². The summed E-state index contributed by atoms with van der Waals surface area (Å²) in [6, 6.07) is 5.23. The van der Waals surface area contributed by atoms with Gasteiger partial charge in [-0.3, -0.25) is 14.4 Å². The van der Waals surface area contributed by atoms with Crippen LogP contribution in [-0.2, 0) is 14.3 Å². The first kappa shape index (κ1) is 18.9. The molecular formula is C19H23N3O5. The van der Waals surface area contributed by atoms with Gasteiger partial charge >= 0.3 is 5.97 Å². The highest BCUT2D eigenvalue weighted by atomic mass is 16.5. The SMILES string of the molecule is COC(=O)CCC(=O)N1CCCN(C(=O)c2ccc3nc(C)oc3c2)CC1. The van der Waals surface area contributed by atoms with Gasteiger partial charge in [-0.1, -0.05) is 0 Å². The second-order valence-electron chi connectivity index (χ2n) is 6.52. The van der Waals surface area contributed by atoms with Gasteiger partial charge in [0.15, 0.2) is 11.5 Å². The number of ether oxygens (including phenoxy) is 1. The van der Waals surface area contributed by atoms with E-state index in [1.807, 2.05) is 0 Å². The van der Waals surface area contributed by atoms with E-state index in [0.29, 0.717) is 49.6 Å². The van der Waals surface area contributed by atoms with Crippen LogP contribution in [0.25, 0.3) is 11.1 Å². The number of rotatable bonds is 4. The predicted molar refractivity (Wildman–Crippen MR) is 97.1 cm³/mol. The molecule has 1 aliphatic rings. The molecule has 1 aliphatic heterocycles. The van der Waals surface area contributed by atoms with E-state index in [2.05, 4.69) is 9.72 Å². The molecule has 1 aromatic heterocycles. The number of hydrogen-bond donors (Lipinski definition) is 0. The Labute approximate surface area is 157 Å². The molecule has 2 amide bonds. The number of esters is 1. The van der Waals surface area contributed by atoms with Crippen molar-refractivity contribution in [1.82, 2.24) is 14.8 Å². The van der Waals surface area contributed by atoms with E-state index in [1.54, 1.807) is 34.9 Å². The van der Waals surface area contributed by atoms with Gasteiger partial charge in [-0.2, -0.15) is 0 Å². The number of benzene rings is 1. The van der Waals surface area contributed by atoms with Crippen LogP contribution < -0.4 is 0 Å². The molecule has 0 saturated carbocycles. The molecule has 3 rings (SSSR count). The topological polar surface area (TPSA) is 93.0 Å². The van der Waals surface area contributed by atoms with Crippen LogP contribution in [0.4, 0.5) is 0 Å². The number of carbonyl (C=O) groups excluding carboxylic acids is 3. The fourth-order valence-corrected chi connectivity index (χ4v) is 3.19. The van der Waals surface area contributed by atoms with Gasteiger partial charge < -0.3 is 19.0 Å². The number of oxazole rings is 1. The summed E-state index contributed by atoms with van der Waals surface area (Å²) in [6.07, 6.45) is 0.895. The Morgan fingerprint density at radius 1 is 1.11 bits per heavy atom. The highest BCUT2D eigenvalue weighted by Gasteiger charge is 2.23. The van der Waals surface area contributed by atoms with Gasteiger partial charge in [-0.05, 0) is 24.6 Å². The molecule has 27 heavy (non-hydrogen) atoms. The third-order valence-electron chi connectivity index (χ3n) is 4.65. The van der Waals surface area contributed by atoms with E-state index in [0.717, 1.165) is 5.52 Å². The number of amides is 2. The summed E-state index contributed by atoms with van der Waals surface area (Å²) in [4.78, 5) is 44.0. The van der Waals surface area contributed by atoms with Crippen molar-refractivity contribution in [1.29, 1.82) is 0 Å². The molecule has 0 spiro atoms. The molecular weight excluding hydrogens is 350 g/mol. The maximum Gasteiger partial charge on any atom is 0.306 e. The van der Waals surface area contributed by atoms with Crippen molar-refractivity contribution < 1.29 is 23.5 Å². The average molecular weight is 373 g/mol. The summed E-state index contributed by atoms with van der Waals surface area (Å²) in [6.45, 7) is 3.82. The number of hydrogen-bond acceptors (Lipinski definition) is 6. The Morgan fingerprint density at radius 3 is 2.63 bits per heavy atom. The Balaban J connectivity index is 1.61. The zero-order valence-electron chi connectivity index (χ0n) is 15.6. The largest absolute Gasteiger partial charge is 0.469 e. The quantitative estimate of drug-likeness (QED) is 0.758. The van der Waals surface area contributed by atoms with Crippen molar-refractivity contribution in [2.75, 3.05) is 33.3 Å². The van der Waals surface area contributed by atoms with Crippen LogP contribution in [0.3, 0.4) is 0 Å². The molecule has 0 N–H and O–H groups in total. The van der Waals surface area contributed by atoms with Gasteiger partial charge in [-0.15, -0.1) is 0 Å². The molecule has 0 unspecified atom stereocenters. The number of carbonyl (C=O) groups is 3. The fourth-order valence-electron chi connectivity index (χ4n) is 3.19. The van der Waals surface area contributed by atoms with Crippen LogP contribution in [0.5, 0.6) is 0 Å². The normalized spacial score (nSPS) is 14.9. The Bertz CT molecular complexity index is 860. The monoisotopic (exact) mass is 373 g/mol. The maximum atomic E-state index is 12.8. The summed E-state index contributed by atoms with van der Waals surface area (Å²) < 4.78 is 10.1. The zero-order valence-corrected chi connectivity index (χ0v) is 15.6. The van der Waals surface area contributed by atoms with Crippen LogP contribution in [-0.4, -0.2) is 65.9 Å². The van der Waals surface area contributed by atoms with Gasteiger partial charge in [0.1, 0.15) is 5.52 Å². The van der Waals surface area contributed by atoms with Crippen LogP contribution in [0.15, 0.2) is 22.6 Å². The first-order valence-corrected chi connectivity index (χ1v) is 8.99. The van der Waals surface area contributed by atoms with Crippen molar-refractivity contribution in [2.45, 2.75) is 26.2 Å². The van der Waals surface area contributed by atoms with Crippen molar-refractivity contribution in [3.05, 3.63) is 29.7 Å². The summed E-state index contributed by atoms with van der Waals surface area (Å²) in [5, 5.41) is 0. The van der Waals surface area contributed by atoms with Crippen molar-refractivity contribution in [3.8, 4) is 0 Å². The smallest absolute Gasteiger partial charge is 0.306 e. The lowest BCUT2D eigenvalue weighted by Gasteiger charge is -2.22. The minimum atomic E-state index is -0.395. The first-order chi connectivity index (χ1) is 13.0. The second kappa shape index (κ2) is 8.20. The summed E-state index contributed by atoms with van der Waals surface area (Å²) in [7, 11) is 1.31. The standard InChI is InChI=1S/C19H23N3O5/c1-13-20-15-5-4-14(12-16(15)27-13)19(25)22-9-3-8-21(10-11-22)17(23)6-7-18(24)26-2/h4-5,12H,3,6-11H2,1-2H3. The van der Waals surface area contributed by atoms with Crippen LogP contribution in [0.2, 0.25) is 0 Å². The van der Waals surface area contributed by atoms with Gasteiger partial charge in [0, 0.05) is 45.1 Å². The minimum absolute atomic E-state index is 0.0745. The number of methoxy groups -OCH3 is 1. The van der Waals surface area contributed by atoms with E-state index in [9.17, 15) is 14.4 Å². The average Bonchev–Trinajstić information content (AvgIpc) is 2.88.